The molecule has 4 nitrogen and oxygen atoms in total. The molecule has 0 radical (unpaired) electrons. The predicted molar refractivity (Wildman–Crippen MR) is 113 cm³/mol. The SMILES string of the molecule is CN(C)c1ccc(C(=O)C2CCN([C@H]3Cc4ccccc4C[C@@H]3O)CC2)cc1. The second kappa shape index (κ2) is 8.06. The number of piperidine rings is 1. The lowest BCUT2D eigenvalue weighted by atomic mass is 9.83. The fourth-order valence-corrected chi connectivity index (χ4v) is 4.70. The van der Waals surface area contributed by atoms with Gasteiger partial charge in [-0.2, -0.15) is 0 Å². The van der Waals surface area contributed by atoms with Crippen LogP contribution in [0.4, 0.5) is 5.69 Å². The average molecular weight is 379 g/mol. The number of carbonyl (C=O) groups is 1. The number of aliphatic hydroxyl groups is 1. The van der Waals surface area contributed by atoms with Gasteiger partial charge in [-0.15, -0.1) is 0 Å². The Morgan fingerprint density at radius 3 is 2.18 bits per heavy atom. The fraction of sp³-hybridized carbons (Fsp3) is 0.458. The van der Waals surface area contributed by atoms with Crippen molar-refractivity contribution < 1.29 is 9.90 Å². The molecule has 1 aliphatic heterocycles. The molecule has 1 N–H and O–H groups in total. The van der Waals surface area contributed by atoms with E-state index in [0.717, 1.165) is 50.0 Å². The highest BCUT2D eigenvalue weighted by molar-refractivity contribution is 5.98. The van der Waals surface area contributed by atoms with Crippen molar-refractivity contribution in [3.8, 4) is 0 Å². The Hall–Kier alpha value is -2.17. The van der Waals surface area contributed by atoms with Gasteiger partial charge in [0.2, 0.25) is 0 Å². The van der Waals surface area contributed by atoms with E-state index in [4.69, 9.17) is 0 Å². The molecule has 2 atom stereocenters. The minimum atomic E-state index is -0.319. The quantitative estimate of drug-likeness (QED) is 0.830. The lowest BCUT2D eigenvalue weighted by Gasteiger charge is -2.41. The number of hydrogen-bond acceptors (Lipinski definition) is 4. The Kier molecular flexibility index (Phi) is 5.51. The number of rotatable bonds is 4. The molecule has 0 amide bonds. The van der Waals surface area contributed by atoms with Crippen molar-refractivity contribution in [2.75, 3.05) is 32.1 Å². The number of anilines is 1. The number of nitrogens with zero attached hydrogens (tertiary/aromatic N) is 2. The molecule has 0 saturated carbocycles. The second-order valence-corrected chi connectivity index (χ2v) is 8.43. The summed E-state index contributed by atoms with van der Waals surface area (Å²) in [5.74, 6) is 0.356. The first-order valence-corrected chi connectivity index (χ1v) is 10.3. The normalized spacial score (nSPS) is 23.2. The van der Waals surface area contributed by atoms with Gasteiger partial charge in [0.15, 0.2) is 5.78 Å². The summed E-state index contributed by atoms with van der Waals surface area (Å²) in [5, 5.41) is 10.7. The van der Waals surface area contributed by atoms with E-state index in [1.807, 2.05) is 49.3 Å². The van der Waals surface area contributed by atoms with Gasteiger partial charge in [-0.05, 0) is 67.7 Å². The number of benzene rings is 2. The lowest BCUT2D eigenvalue weighted by Crippen LogP contribution is -2.51. The highest BCUT2D eigenvalue weighted by Crippen LogP contribution is 2.29. The molecule has 0 bridgehead atoms. The van der Waals surface area contributed by atoms with Crippen LogP contribution in [-0.2, 0) is 12.8 Å². The summed E-state index contributed by atoms with van der Waals surface area (Å²) in [6.07, 6.45) is 3.07. The van der Waals surface area contributed by atoms with Crippen LogP contribution in [0.2, 0.25) is 0 Å². The van der Waals surface area contributed by atoms with Gasteiger partial charge in [0.05, 0.1) is 6.10 Å². The Labute approximate surface area is 167 Å². The zero-order chi connectivity index (χ0) is 19.7. The van der Waals surface area contributed by atoms with Gasteiger partial charge in [0.1, 0.15) is 0 Å². The molecule has 4 heteroatoms. The van der Waals surface area contributed by atoms with E-state index in [0.29, 0.717) is 0 Å². The van der Waals surface area contributed by atoms with E-state index in [9.17, 15) is 9.90 Å². The molecule has 1 heterocycles. The van der Waals surface area contributed by atoms with Crippen LogP contribution < -0.4 is 4.90 Å². The molecule has 2 aromatic carbocycles. The molecular weight excluding hydrogens is 348 g/mol. The highest BCUT2D eigenvalue weighted by atomic mass is 16.3. The smallest absolute Gasteiger partial charge is 0.166 e. The van der Waals surface area contributed by atoms with Crippen LogP contribution in [0, 0.1) is 5.92 Å². The van der Waals surface area contributed by atoms with Crippen molar-refractivity contribution in [3.63, 3.8) is 0 Å². The largest absolute Gasteiger partial charge is 0.391 e. The number of carbonyl (C=O) groups excluding carboxylic acids is 1. The molecule has 0 aromatic heterocycles. The minimum absolute atomic E-state index is 0.0921. The van der Waals surface area contributed by atoms with Crippen LogP contribution in [0.3, 0.4) is 0 Å². The van der Waals surface area contributed by atoms with Gasteiger partial charge < -0.3 is 10.0 Å². The summed E-state index contributed by atoms with van der Waals surface area (Å²) < 4.78 is 0. The van der Waals surface area contributed by atoms with Crippen LogP contribution in [0.15, 0.2) is 48.5 Å². The third kappa shape index (κ3) is 3.85. The molecule has 1 saturated heterocycles. The van der Waals surface area contributed by atoms with E-state index in [-0.39, 0.29) is 23.8 Å². The van der Waals surface area contributed by atoms with Crippen LogP contribution >= 0.6 is 0 Å². The Morgan fingerprint density at radius 1 is 0.964 bits per heavy atom. The predicted octanol–water partition coefficient (Wildman–Crippen LogP) is 3.18. The topological polar surface area (TPSA) is 43.8 Å². The fourth-order valence-electron chi connectivity index (χ4n) is 4.70. The number of likely N-dealkylation sites (tertiary alicyclic amines) is 1. The maximum absolute atomic E-state index is 12.9. The first kappa shape index (κ1) is 19.2. The number of ketones is 1. The van der Waals surface area contributed by atoms with Crippen LogP contribution in [0.5, 0.6) is 0 Å². The first-order chi connectivity index (χ1) is 13.5. The van der Waals surface area contributed by atoms with Gasteiger partial charge in [-0.1, -0.05) is 24.3 Å². The third-order valence-corrected chi connectivity index (χ3v) is 6.46. The monoisotopic (exact) mass is 378 g/mol. The van der Waals surface area contributed by atoms with E-state index >= 15 is 0 Å². The summed E-state index contributed by atoms with van der Waals surface area (Å²) in [4.78, 5) is 17.4. The molecule has 1 fully saturated rings. The van der Waals surface area contributed by atoms with E-state index < -0.39 is 0 Å². The summed E-state index contributed by atoms with van der Waals surface area (Å²) in [6.45, 7) is 1.77. The molecule has 2 aliphatic rings. The van der Waals surface area contributed by atoms with Crippen LogP contribution in [-0.4, -0.2) is 55.1 Å². The lowest BCUT2D eigenvalue weighted by molar-refractivity contribution is 0.0239. The number of hydrogen-bond donors (Lipinski definition) is 1. The van der Waals surface area contributed by atoms with Crippen molar-refractivity contribution in [1.29, 1.82) is 0 Å². The minimum Gasteiger partial charge on any atom is -0.391 e. The van der Waals surface area contributed by atoms with Crippen LogP contribution in [0.25, 0.3) is 0 Å². The second-order valence-electron chi connectivity index (χ2n) is 8.43. The van der Waals surface area contributed by atoms with Crippen molar-refractivity contribution in [1.82, 2.24) is 4.90 Å². The molecule has 148 valence electrons. The summed E-state index contributed by atoms with van der Waals surface area (Å²) in [7, 11) is 4.01. The standard InChI is InChI=1S/C24H30N2O2/c1-25(2)21-9-7-17(8-10-21)24(28)18-11-13-26(14-12-18)22-15-19-5-3-4-6-20(19)16-23(22)27/h3-10,18,22-23,27H,11-16H2,1-2H3/t22-,23-/m0/s1. The number of aliphatic hydroxyl groups excluding tert-OH is 1. The molecule has 1 aliphatic carbocycles. The summed E-state index contributed by atoms with van der Waals surface area (Å²) in [6, 6.07) is 16.5. The maximum Gasteiger partial charge on any atom is 0.166 e. The zero-order valence-electron chi connectivity index (χ0n) is 16.8. The highest BCUT2D eigenvalue weighted by Gasteiger charge is 2.35. The van der Waals surface area contributed by atoms with Crippen molar-refractivity contribution in [2.24, 2.45) is 5.92 Å². The zero-order valence-corrected chi connectivity index (χ0v) is 16.8. The third-order valence-electron chi connectivity index (χ3n) is 6.46. The van der Waals surface area contributed by atoms with E-state index in [1.54, 1.807) is 0 Å². The van der Waals surface area contributed by atoms with E-state index in [2.05, 4.69) is 23.1 Å². The Morgan fingerprint density at radius 2 is 1.57 bits per heavy atom. The Balaban J connectivity index is 1.37. The van der Waals surface area contributed by atoms with Gasteiger partial charge in [-0.25, -0.2) is 0 Å². The Bertz CT molecular complexity index is 823. The molecule has 28 heavy (non-hydrogen) atoms. The molecule has 2 aromatic rings. The van der Waals surface area contributed by atoms with Crippen molar-refractivity contribution in [3.05, 3.63) is 65.2 Å². The van der Waals surface area contributed by atoms with Gasteiger partial charge in [0, 0.05) is 43.7 Å². The molecule has 4 rings (SSSR count). The van der Waals surface area contributed by atoms with Gasteiger partial charge in [0.25, 0.3) is 0 Å². The summed E-state index contributed by atoms with van der Waals surface area (Å²) in [5.41, 5.74) is 4.56. The van der Waals surface area contributed by atoms with Gasteiger partial charge >= 0.3 is 0 Å². The molecular formula is C24H30N2O2. The van der Waals surface area contributed by atoms with Crippen molar-refractivity contribution in [2.45, 2.75) is 37.8 Å². The molecule has 0 unspecified atom stereocenters. The number of fused-ring (bicyclic) bond motifs is 1. The van der Waals surface area contributed by atoms with E-state index in [1.165, 1.54) is 11.1 Å². The molecule has 0 spiro atoms. The van der Waals surface area contributed by atoms with Crippen LogP contribution in [0.1, 0.15) is 34.3 Å². The van der Waals surface area contributed by atoms with Crippen molar-refractivity contribution >= 4 is 11.5 Å². The summed E-state index contributed by atoms with van der Waals surface area (Å²) >= 11 is 0. The van der Waals surface area contributed by atoms with Gasteiger partial charge in [-0.3, -0.25) is 9.69 Å². The maximum atomic E-state index is 12.9. The average Bonchev–Trinajstić information content (AvgIpc) is 2.73. The first-order valence-electron chi connectivity index (χ1n) is 10.3. The number of Topliss-reactive ketones (excluding diaryl/α,β-unsaturated/α-hetero) is 1.